The van der Waals surface area contributed by atoms with Gasteiger partial charge in [0, 0.05) is 44.0 Å². The molecule has 122 valence electrons. The van der Waals surface area contributed by atoms with Crippen LogP contribution in [0.1, 0.15) is 0 Å². The number of non-ortho nitro benzene ring substituents is 1. The first-order chi connectivity index (χ1) is 11.7. The minimum Gasteiger partial charge on any atom is -0.368 e. The van der Waals surface area contributed by atoms with Crippen LogP contribution in [-0.2, 0) is 0 Å². The maximum Gasteiger partial charge on any atom is 0.269 e. The lowest BCUT2D eigenvalue weighted by atomic mass is 10.2. The highest BCUT2D eigenvalue weighted by molar-refractivity contribution is 7.22. The highest BCUT2D eigenvalue weighted by Gasteiger charge is 2.20. The van der Waals surface area contributed by atoms with Crippen LogP contribution in [0.15, 0.2) is 48.5 Å². The average Bonchev–Trinajstić information content (AvgIpc) is 3.06. The number of anilines is 2. The summed E-state index contributed by atoms with van der Waals surface area (Å²) in [5.41, 5.74) is 2.21. The molecular weight excluding hydrogens is 324 g/mol. The van der Waals surface area contributed by atoms with Crippen LogP contribution < -0.4 is 9.80 Å². The van der Waals surface area contributed by atoms with Crippen LogP contribution in [0, 0.1) is 10.1 Å². The molecule has 0 unspecified atom stereocenters. The van der Waals surface area contributed by atoms with Crippen molar-refractivity contribution in [3.8, 4) is 0 Å². The van der Waals surface area contributed by atoms with Gasteiger partial charge in [-0.1, -0.05) is 23.5 Å². The summed E-state index contributed by atoms with van der Waals surface area (Å²) in [7, 11) is 0. The van der Waals surface area contributed by atoms with E-state index in [4.69, 9.17) is 4.98 Å². The van der Waals surface area contributed by atoms with Gasteiger partial charge < -0.3 is 9.80 Å². The first-order valence-corrected chi connectivity index (χ1v) is 8.62. The SMILES string of the molecule is O=[N+]([O-])c1ccc(N2CCN(c3nc4ccccc4s3)CC2)cc1. The van der Waals surface area contributed by atoms with Gasteiger partial charge in [0.1, 0.15) is 0 Å². The molecule has 0 saturated carbocycles. The molecule has 2 aromatic carbocycles. The van der Waals surface area contributed by atoms with Gasteiger partial charge in [-0.2, -0.15) is 0 Å². The molecule has 1 saturated heterocycles. The Hall–Kier alpha value is -2.67. The Morgan fingerprint density at radius 1 is 0.958 bits per heavy atom. The van der Waals surface area contributed by atoms with Crippen molar-refractivity contribution in [2.24, 2.45) is 0 Å². The first-order valence-electron chi connectivity index (χ1n) is 7.81. The van der Waals surface area contributed by atoms with E-state index in [0.717, 1.165) is 42.5 Å². The molecule has 1 aromatic heterocycles. The Bertz CT molecular complexity index is 837. The standard InChI is InChI=1S/C17H16N4O2S/c22-21(23)14-7-5-13(6-8-14)19-9-11-20(12-10-19)17-18-15-3-1-2-4-16(15)24-17/h1-8H,9-12H2. The molecule has 0 amide bonds. The van der Waals surface area contributed by atoms with Crippen LogP contribution in [-0.4, -0.2) is 36.1 Å². The summed E-state index contributed by atoms with van der Waals surface area (Å²) in [6.45, 7) is 3.56. The van der Waals surface area contributed by atoms with Crippen molar-refractivity contribution in [3.63, 3.8) is 0 Å². The third-order valence-electron chi connectivity index (χ3n) is 4.26. The number of benzene rings is 2. The number of hydrogen-bond donors (Lipinski definition) is 0. The summed E-state index contributed by atoms with van der Waals surface area (Å²) in [6.07, 6.45) is 0. The molecule has 0 aliphatic carbocycles. The lowest BCUT2D eigenvalue weighted by Crippen LogP contribution is -2.46. The summed E-state index contributed by atoms with van der Waals surface area (Å²) >= 11 is 1.73. The zero-order valence-corrected chi connectivity index (χ0v) is 13.8. The molecule has 1 fully saturated rings. The molecule has 0 N–H and O–H groups in total. The third kappa shape index (κ3) is 2.78. The van der Waals surface area contributed by atoms with Crippen LogP contribution in [0.3, 0.4) is 0 Å². The monoisotopic (exact) mass is 340 g/mol. The molecule has 6 nitrogen and oxygen atoms in total. The van der Waals surface area contributed by atoms with Gasteiger partial charge in [0.2, 0.25) is 0 Å². The molecule has 7 heteroatoms. The number of nitro groups is 1. The molecule has 0 bridgehead atoms. The number of nitro benzene ring substituents is 1. The molecule has 1 aliphatic rings. The molecule has 0 spiro atoms. The van der Waals surface area contributed by atoms with E-state index >= 15 is 0 Å². The van der Waals surface area contributed by atoms with Crippen molar-refractivity contribution in [2.45, 2.75) is 0 Å². The van der Waals surface area contributed by atoms with E-state index in [-0.39, 0.29) is 10.6 Å². The minimum atomic E-state index is -0.366. The summed E-state index contributed by atoms with van der Waals surface area (Å²) < 4.78 is 1.21. The van der Waals surface area contributed by atoms with Crippen molar-refractivity contribution in [1.82, 2.24) is 4.98 Å². The number of fused-ring (bicyclic) bond motifs is 1. The van der Waals surface area contributed by atoms with Crippen LogP contribution in [0.25, 0.3) is 10.2 Å². The fraction of sp³-hybridized carbons (Fsp3) is 0.235. The Morgan fingerprint density at radius 2 is 1.62 bits per heavy atom. The van der Waals surface area contributed by atoms with Crippen LogP contribution >= 0.6 is 11.3 Å². The van der Waals surface area contributed by atoms with Gasteiger partial charge in [-0.3, -0.25) is 10.1 Å². The van der Waals surface area contributed by atoms with Crippen LogP contribution in [0.2, 0.25) is 0 Å². The van der Waals surface area contributed by atoms with Gasteiger partial charge >= 0.3 is 0 Å². The lowest BCUT2D eigenvalue weighted by molar-refractivity contribution is -0.384. The van der Waals surface area contributed by atoms with Crippen LogP contribution in [0.5, 0.6) is 0 Å². The predicted octanol–water partition coefficient (Wildman–Crippen LogP) is 3.53. The maximum atomic E-state index is 10.7. The van der Waals surface area contributed by atoms with E-state index in [1.54, 1.807) is 23.5 Å². The predicted molar refractivity (Wildman–Crippen MR) is 97.1 cm³/mol. The number of aromatic nitrogens is 1. The number of hydrogen-bond acceptors (Lipinski definition) is 6. The molecule has 2 heterocycles. The number of rotatable bonds is 3. The fourth-order valence-electron chi connectivity index (χ4n) is 2.94. The first kappa shape index (κ1) is 14.9. The Morgan fingerprint density at radius 3 is 2.29 bits per heavy atom. The highest BCUT2D eigenvalue weighted by atomic mass is 32.1. The van der Waals surface area contributed by atoms with Crippen molar-refractivity contribution < 1.29 is 4.92 Å². The maximum absolute atomic E-state index is 10.7. The highest BCUT2D eigenvalue weighted by Crippen LogP contribution is 2.30. The topological polar surface area (TPSA) is 62.5 Å². The lowest BCUT2D eigenvalue weighted by Gasteiger charge is -2.35. The quantitative estimate of drug-likeness (QED) is 0.539. The molecule has 0 radical (unpaired) electrons. The van der Waals surface area contributed by atoms with Crippen molar-refractivity contribution in [1.29, 1.82) is 0 Å². The summed E-state index contributed by atoms with van der Waals surface area (Å²) in [4.78, 5) is 19.7. The summed E-state index contributed by atoms with van der Waals surface area (Å²) in [6, 6.07) is 15.0. The van der Waals surface area contributed by atoms with Gasteiger partial charge in [0.25, 0.3) is 5.69 Å². The Balaban J connectivity index is 1.45. The third-order valence-corrected chi connectivity index (χ3v) is 5.36. The second-order valence-corrected chi connectivity index (χ2v) is 6.72. The second kappa shape index (κ2) is 6.09. The van der Waals surface area contributed by atoms with Crippen LogP contribution in [0.4, 0.5) is 16.5 Å². The zero-order valence-electron chi connectivity index (χ0n) is 13.0. The Labute approximate surface area is 143 Å². The molecule has 3 aromatic rings. The van der Waals surface area contributed by atoms with E-state index in [9.17, 15) is 10.1 Å². The normalized spacial score (nSPS) is 15.0. The van der Waals surface area contributed by atoms with Gasteiger partial charge in [0.05, 0.1) is 15.1 Å². The molecule has 24 heavy (non-hydrogen) atoms. The number of piperazine rings is 1. The molecule has 4 rings (SSSR count). The fourth-order valence-corrected chi connectivity index (χ4v) is 3.95. The Kier molecular flexibility index (Phi) is 3.78. The zero-order chi connectivity index (χ0) is 16.5. The van der Waals surface area contributed by atoms with Gasteiger partial charge in [-0.05, 0) is 24.3 Å². The van der Waals surface area contributed by atoms with Crippen molar-refractivity contribution in [2.75, 3.05) is 36.0 Å². The summed E-state index contributed by atoms with van der Waals surface area (Å²) in [5.74, 6) is 0. The molecule has 0 atom stereocenters. The van der Waals surface area contributed by atoms with E-state index in [1.165, 1.54) is 4.70 Å². The van der Waals surface area contributed by atoms with Gasteiger partial charge in [0.15, 0.2) is 5.13 Å². The van der Waals surface area contributed by atoms with Crippen molar-refractivity contribution >= 4 is 38.1 Å². The molecule has 1 aliphatic heterocycles. The molecular formula is C17H16N4O2S. The number of nitrogens with zero attached hydrogens (tertiary/aromatic N) is 4. The van der Waals surface area contributed by atoms with E-state index < -0.39 is 0 Å². The van der Waals surface area contributed by atoms with Gasteiger partial charge in [-0.25, -0.2) is 4.98 Å². The summed E-state index contributed by atoms with van der Waals surface area (Å²) in [5, 5.41) is 11.8. The number of para-hydroxylation sites is 1. The average molecular weight is 340 g/mol. The second-order valence-electron chi connectivity index (χ2n) is 5.71. The van der Waals surface area contributed by atoms with E-state index in [2.05, 4.69) is 15.9 Å². The van der Waals surface area contributed by atoms with E-state index in [1.807, 2.05) is 30.3 Å². The van der Waals surface area contributed by atoms with Crippen molar-refractivity contribution in [3.05, 3.63) is 58.6 Å². The van der Waals surface area contributed by atoms with Gasteiger partial charge in [-0.15, -0.1) is 0 Å². The minimum absolute atomic E-state index is 0.131. The number of thiazole rings is 1. The largest absolute Gasteiger partial charge is 0.368 e. The van der Waals surface area contributed by atoms with E-state index in [0.29, 0.717) is 0 Å². The smallest absolute Gasteiger partial charge is 0.269 e.